The number of fused-ring (bicyclic) bond motifs is 1. The number of hydrogen-bond acceptors (Lipinski definition) is 2. The van der Waals surface area contributed by atoms with Gasteiger partial charge in [-0.15, -0.1) is 24.0 Å². The highest BCUT2D eigenvalue weighted by atomic mass is 127. The van der Waals surface area contributed by atoms with Crippen LogP contribution in [0.2, 0.25) is 0 Å². The molecule has 5 nitrogen and oxygen atoms in total. The molecule has 0 aliphatic carbocycles. The summed E-state index contributed by atoms with van der Waals surface area (Å²) in [7, 11) is 2.00. The third kappa shape index (κ3) is 4.72. The summed E-state index contributed by atoms with van der Waals surface area (Å²) in [6.07, 6.45) is 0. The third-order valence-corrected chi connectivity index (χ3v) is 4.00. The minimum atomic E-state index is -0.238. The average molecular weight is 467 g/mol. The van der Waals surface area contributed by atoms with Crippen LogP contribution in [0.4, 0.5) is 4.39 Å². The molecule has 7 heteroatoms. The Morgan fingerprint density at radius 3 is 2.58 bits per heavy atom. The normalized spacial score (nSPS) is 11.3. The zero-order valence-electron chi connectivity index (χ0n) is 14.9. The number of hydrogen-bond donors (Lipinski definition) is 2. The highest BCUT2D eigenvalue weighted by molar-refractivity contribution is 14.0. The van der Waals surface area contributed by atoms with Gasteiger partial charge in [0, 0.05) is 19.2 Å². The largest absolute Gasteiger partial charge is 0.357 e. The molecule has 0 radical (unpaired) electrons. The molecule has 0 saturated carbocycles. The Morgan fingerprint density at radius 2 is 1.85 bits per heavy atom. The first-order valence-electron chi connectivity index (χ1n) is 8.35. The van der Waals surface area contributed by atoms with Crippen molar-refractivity contribution in [3.05, 3.63) is 65.7 Å². The molecular formula is C19H23FIN5. The second kappa shape index (κ2) is 9.51. The summed E-state index contributed by atoms with van der Waals surface area (Å²) in [4.78, 5) is 9.10. The number of aromatic nitrogens is 2. The van der Waals surface area contributed by atoms with E-state index in [1.165, 1.54) is 6.07 Å². The number of aryl methyl sites for hydroxylation is 1. The van der Waals surface area contributed by atoms with Crippen LogP contribution < -0.4 is 10.6 Å². The van der Waals surface area contributed by atoms with Gasteiger partial charge in [0.1, 0.15) is 11.6 Å². The van der Waals surface area contributed by atoms with E-state index >= 15 is 0 Å². The Bertz CT molecular complexity index is 891. The fraction of sp³-hybridized carbons (Fsp3) is 0.263. The maximum atomic E-state index is 13.7. The van der Waals surface area contributed by atoms with Crippen molar-refractivity contribution in [3.8, 4) is 0 Å². The van der Waals surface area contributed by atoms with Gasteiger partial charge in [0.05, 0.1) is 24.1 Å². The molecule has 3 aromatic rings. The van der Waals surface area contributed by atoms with Gasteiger partial charge in [0.15, 0.2) is 5.96 Å². The molecular weight excluding hydrogens is 444 g/mol. The fourth-order valence-corrected chi connectivity index (χ4v) is 2.65. The zero-order chi connectivity index (χ0) is 17.6. The van der Waals surface area contributed by atoms with Crippen molar-refractivity contribution in [1.82, 2.24) is 20.2 Å². The van der Waals surface area contributed by atoms with E-state index in [-0.39, 0.29) is 36.3 Å². The van der Waals surface area contributed by atoms with Gasteiger partial charge in [-0.05, 0) is 25.1 Å². The zero-order valence-corrected chi connectivity index (χ0v) is 17.2. The van der Waals surface area contributed by atoms with E-state index in [1.54, 1.807) is 12.1 Å². The molecule has 26 heavy (non-hydrogen) atoms. The second-order valence-corrected chi connectivity index (χ2v) is 5.72. The molecule has 0 aliphatic rings. The SMILES string of the molecule is CCNC(=NCc1ccccc1F)NCc1nc2ccccc2n1C.I. The Kier molecular flexibility index (Phi) is 7.38. The topological polar surface area (TPSA) is 54.2 Å². The van der Waals surface area contributed by atoms with Crippen LogP contribution >= 0.6 is 24.0 Å². The van der Waals surface area contributed by atoms with Gasteiger partial charge < -0.3 is 15.2 Å². The number of para-hydroxylation sites is 2. The predicted molar refractivity (Wildman–Crippen MR) is 114 cm³/mol. The second-order valence-electron chi connectivity index (χ2n) is 5.72. The average Bonchev–Trinajstić information content (AvgIpc) is 2.95. The van der Waals surface area contributed by atoms with E-state index in [0.717, 1.165) is 23.4 Å². The maximum Gasteiger partial charge on any atom is 0.191 e. The van der Waals surface area contributed by atoms with Crippen molar-refractivity contribution in [2.45, 2.75) is 20.0 Å². The lowest BCUT2D eigenvalue weighted by molar-refractivity contribution is 0.610. The van der Waals surface area contributed by atoms with Crippen LogP contribution in [0.25, 0.3) is 11.0 Å². The van der Waals surface area contributed by atoms with Crippen molar-refractivity contribution >= 4 is 41.0 Å². The smallest absolute Gasteiger partial charge is 0.191 e. The van der Waals surface area contributed by atoms with Crippen LogP contribution in [0.5, 0.6) is 0 Å². The first-order valence-corrected chi connectivity index (χ1v) is 8.35. The molecule has 138 valence electrons. The number of halogens is 2. The Hall–Kier alpha value is -2.16. The predicted octanol–water partition coefficient (Wildman–Crippen LogP) is 3.59. The van der Waals surface area contributed by atoms with Crippen molar-refractivity contribution in [1.29, 1.82) is 0 Å². The lowest BCUT2D eigenvalue weighted by Crippen LogP contribution is -2.37. The van der Waals surface area contributed by atoms with Crippen LogP contribution in [0.3, 0.4) is 0 Å². The molecule has 3 rings (SSSR count). The molecule has 0 bridgehead atoms. The minimum absolute atomic E-state index is 0. The summed E-state index contributed by atoms with van der Waals surface area (Å²) >= 11 is 0. The molecule has 0 amide bonds. The molecule has 1 heterocycles. The standard InChI is InChI=1S/C19H22FN5.HI/c1-3-21-19(22-12-14-8-4-5-9-15(14)20)23-13-18-24-16-10-6-7-11-17(16)25(18)2;/h4-11H,3,12-13H2,1-2H3,(H2,21,22,23);1H. The van der Waals surface area contributed by atoms with Gasteiger partial charge in [0.2, 0.25) is 0 Å². The maximum absolute atomic E-state index is 13.7. The van der Waals surface area contributed by atoms with Crippen LogP contribution in [-0.4, -0.2) is 22.1 Å². The highest BCUT2D eigenvalue weighted by Gasteiger charge is 2.08. The van der Waals surface area contributed by atoms with Gasteiger partial charge >= 0.3 is 0 Å². The third-order valence-electron chi connectivity index (χ3n) is 4.00. The van der Waals surface area contributed by atoms with E-state index in [0.29, 0.717) is 18.1 Å². The Morgan fingerprint density at radius 1 is 1.12 bits per heavy atom. The van der Waals surface area contributed by atoms with Crippen LogP contribution in [-0.2, 0) is 20.1 Å². The summed E-state index contributed by atoms with van der Waals surface area (Å²) in [5.74, 6) is 1.31. The Balaban J connectivity index is 0.00000243. The molecule has 0 aliphatic heterocycles. The van der Waals surface area contributed by atoms with E-state index in [4.69, 9.17) is 0 Å². The number of rotatable bonds is 5. The van der Waals surface area contributed by atoms with Crippen molar-refractivity contribution in [3.63, 3.8) is 0 Å². The molecule has 2 N–H and O–H groups in total. The molecule has 0 saturated heterocycles. The minimum Gasteiger partial charge on any atom is -0.357 e. The Labute approximate surface area is 169 Å². The van der Waals surface area contributed by atoms with Gasteiger partial charge in [-0.2, -0.15) is 0 Å². The summed E-state index contributed by atoms with van der Waals surface area (Å²) in [5, 5.41) is 6.44. The molecule has 0 atom stereocenters. The number of imidazole rings is 1. The molecule has 0 spiro atoms. The quantitative estimate of drug-likeness (QED) is 0.343. The van der Waals surface area contributed by atoms with E-state index < -0.39 is 0 Å². The van der Waals surface area contributed by atoms with Gasteiger partial charge in [0.25, 0.3) is 0 Å². The van der Waals surface area contributed by atoms with E-state index in [1.807, 2.05) is 44.3 Å². The molecule has 0 unspecified atom stereocenters. The fourth-order valence-electron chi connectivity index (χ4n) is 2.65. The highest BCUT2D eigenvalue weighted by Crippen LogP contribution is 2.14. The van der Waals surface area contributed by atoms with Crippen molar-refractivity contribution in [2.24, 2.45) is 12.0 Å². The number of aliphatic imine (C=N–C) groups is 1. The first-order chi connectivity index (χ1) is 12.2. The monoisotopic (exact) mass is 467 g/mol. The number of benzene rings is 2. The lowest BCUT2D eigenvalue weighted by Gasteiger charge is -2.11. The van der Waals surface area contributed by atoms with Crippen LogP contribution in [0, 0.1) is 5.82 Å². The number of nitrogens with one attached hydrogen (secondary N) is 2. The van der Waals surface area contributed by atoms with E-state index in [9.17, 15) is 4.39 Å². The van der Waals surface area contributed by atoms with Gasteiger partial charge in [-0.1, -0.05) is 30.3 Å². The molecule has 0 fully saturated rings. The number of nitrogens with zero attached hydrogens (tertiary/aromatic N) is 3. The van der Waals surface area contributed by atoms with E-state index in [2.05, 4.69) is 25.2 Å². The first kappa shape index (κ1) is 20.2. The van der Waals surface area contributed by atoms with Gasteiger partial charge in [-0.25, -0.2) is 14.4 Å². The molecule has 2 aromatic carbocycles. The van der Waals surface area contributed by atoms with Crippen LogP contribution in [0.1, 0.15) is 18.3 Å². The summed E-state index contributed by atoms with van der Waals surface area (Å²) in [6, 6.07) is 14.7. The van der Waals surface area contributed by atoms with Crippen molar-refractivity contribution in [2.75, 3.05) is 6.54 Å². The molecule has 1 aromatic heterocycles. The van der Waals surface area contributed by atoms with Gasteiger partial charge in [-0.3, -0.25) is 0 Å². The summed E-state index contributed by atoms with van der Waals surface area (Å²) in [5.41, 5.74) is 2.63. The summed E-state index contributed by atoms with van der Waals surface area (Å²) < 4.78 is 15.8. The van der Waals surface area contributed by atoms with Crippen molar-refractivity contribution < 1.29 is 4.39 Å². The summed E-state index contributed by atoms with van der Waals surface area (Å²) in [6.45, 7) is 3.54. The van der Waals surface area contributed by atoms with Crippen LogP contribution in [0.15, 0.2) is 53.5 Å². The number of guanidine groups is 1. The lowest BCUT2D eigenvalue weighted by atomic mass is 10.2.